The highest BCUT2D eigenvalue weighted by Crippen LogP contribution is 2.35. The van der Waals surface area contributed by atoms with Crippen LogP contribution in [0.25, 0.3) is 10.9 Å². The van der Waals surface area contributed by atoms with Crippen molar-refractivity contribution in [2.24, 2.45) is 5.92 Å². The second kappa shape index (κ2) is 4.85. The first-order chi connectivity index (χ1) is 9.10. The number of pyridine rings is 1. The monoisotopic (exact) mass is 325 g/mol. The Morgan fingerprint density at radius 3 is 2.84 bits per heavy atom. The summed E-state index contributed by atoms with van der Waals surface area (Å²) < 4.78 is 2.41. The van der Waals surface area contributed by atoms with Crippen molar-refractivity contribution < 1.29 is 10.2 Å². The molecule has 1 fully saturated rings. The number of rotatable bonds is 2. The largest absolute Gasteiger partial charge is 0.396 e. The van der Waals surface area contributed by atoms with Gasteiger partial charge < -0.3 is 10.2 Å². The van der Waals surface area contributed by atoms with Crippen molar-refractivity contribution in [2.75, 3.05) is 6.61 Å². The summed E-state index contributed by atoms with van der Waals surface area (Å²) in [7, 11) is 0. The van der Waals surface area contributed by atoms with Crippen LogP contribution in [-0.4, -0.2) is 31.6 Å². The zero-order valence-corrected chi connectivity index (χ0v) is 12.0. The number of aliphatic hydroxyl groups excluding tert-OH is 1. The lowest BCUT2D eigenvalue weighted by atomic mass is 9.84. The molecule has 0 unspecified atom stereocenters. The highest BCUT2D eigenvalue weighted by molar-refractivity contribution is 9.10. The molecule has 2 aromatic heterocycles. The molecule has 0 spiro atoms. The summed E-state index contributed by atoms with van der Waals surface area (Å²) in [5, 5.41) is 25.3. The SMILES string of the molecule is OCC1CCC(O)(n2cc3cc(Br)ncc3n2)CC1. The second-order valence-electron chi connectivity index (χ2n) is 5.25. The summed E-state index contributed by atoms with van der Waals surface area (Å²) in [6.45, 7) is 0.202. The van der Waals surface area contributed by atoms with Crippen molar-refractivity contribution in [2.45, 2.75) is 31.4 Å². The van der Waals surface area contributed by atoms with Gasteiger partial charge in [-0.3, -0.25) is 0 Å². The Bertz CT molecular complexity index is 591. The first kappa shape index (κ1) is 13.0. The first-order valence-electron chi connectivity index (χ1n) is 6.45. The van der Waals surface area contributed by atoms with Gasteiger partial charge in [0, 0.05) is 18.2 Å². The van der Waals surface area contributed by atoms with Gasteiger partial charge in [0.25, 0.3) is 0 Å². The van der Waals surface area contributed by atoms with E-state index in [-0.39, 0.29) is 6.61 Å². The third kappa shape index (κ3) is 2.40. The number of hydrogen-bond acceptors (Lipinski definition) is 4. The van der Waals surface area contributed by atoms with Crippen LogP contribution in [0.2, 0.25) is 0 Å². The van der Waals surface area contributed by atoms with E-state index in [1.165, 1.54) is 0 Å². The normalized spacial score (nSPS) is 27.8. The maximum absolute atomic E-state index is 10.7. The Kier molecular flexibility index (Phi) is 3.32. The molecule has 2 aromatic rings. The fourth-order valence-electron chi connectivity index (χ4n) is 2.67. The van der Waals surface area contributed by atoms with Crippen molar-refractivity contribution in [3.63, 3.8) is 0 Å². The Hall–Kier alpha value is -0.980. The maximum Gasteiger partial charge on any atom is 0.157 e. The summed E-state index contributed by atoms with van der Waals surface area (Å²) >= 11 is 3.33. The fraction of sp³-hybridized carbons (Fsp3) is 0.538. The molecule has 5 nitrogen and oxygen atoms in total. The average molecular weight is 326 g/mol. The first-order valence-corrected chi connectivity index (χ1v) is 7.25. The molecule has 1 aliphatic carbocycles. The van der Waals surface area contributed by atoms with Crippen LogP contribution >= 0.6 is 15.9 Å². The number of aromatic nitrogens is 3. The van der Waals surface area contributed by atoms with Crippen LogP contribution in [0.15, 0.2) is 23.1 Å². The zero-order chi connectivity index (χ0) is 13.5. The van der Waals surface area contributed by atoms with Crippen LogP contribution in [0.1, 0.15) is 25.7 Å². The minimum atomic E-state index is -0.933. The third-order valence-corrected chi connectivity index (χ3v) is 4.38. The van der Waals surface area contributed by atoms with Crippen molar-refractivity contribution >= 4 is 26.8 Å². The van der Waals surface area contributed by atoms with E-state index in [4.69, 9.17) is 5.11 Å². The molecule has 2 N–H and O–H groups in total. The molecule has 1 saturated carbocycles. The molecule has 2 heterocycles. The highest BCUT2D eigenvalue weighted by atomic mass is 79.9. The van der Waals surface area contributed by atoms with Gasteiger partial charge in [-0.1, -0.05) is 0 Å². The minimum absolute atomic E-state index is 0.202. The average Bonchev–Trinajstić information content (AvgIpc) is 2.83. The van der Waals surface area contributed by atoms with Crippen molar-refractivity contribution in [1.29, 1.82) is 0 Å². The predicted octanol–water partition coefficient (Wildman–Crippen LogP) is 2.02. The predicted molar refractivity (Wildman–Crippen MR) is 74.5 cm³/mol. The molecule has 6 heteroatoms. The van der Waals surface area contributed by atoms with Gasteiger partial charge in [-0.15, -0.1) is 0 Å². The highest BCUT2D eigenvalue weighted by Gasteiger charge is 2.35. The quantitative estimate of drug-likeness (QED) is 0.829. The topological polar surface area (TPSA) is 71.2 Å². The van der Waals surface area contributed by atoms with Crippen LogP contribution in [-0.2, 0) is 5.72 Å². The van der Waals surface area contributed by atoms with Crippen molar-refractivity contribution in [3.8, 4) is 0 Å². The van der Waals surface area contributed by atoms with Gasteiger partial charge in [0.2, 0.25) is 0 Å². The molecule has 19 heavy (non-hydrogen) atoms. The van der Waals surface area contributed by atoms with Crippen LogP contribution in [0.5, 0.6) is 0 Å². The lowest BCUT2D eigenvalue weighted by molar-refractivity contribution is -0.0923. The Morgan fingerprint density at radius 2 is 2.16 bits per heavy atom. The van der Waals surface area contributed by atoms with Gasteiger partial charge in [0.05, 0.1) is 6.20 Å². The van der Waals surface area contributed by atoms with Gasteiger partial charge in [-0.05, 0) is 53.6 Å². The standard InChI is InChI=1S/C13H16BrN3O2/c14-12-5-10-7-17(16-11(10)6-15-12)13(19)3-1-9(8-18)2-4-13/h5-7,9,18-19H,1-4,8H2. The molecule has 0 amide bonds. The Morgan fingerprint density at radius 1 is 1.42 bits per heavy atom. The number of hydrogen-bond donors (Lipinski definition) is 2. The molecule has 0 bridgehead atoms. The number of nitrogens with zero attached hydrogens (tertiary/aromatic N) is 3. The molecule has 0 aliphatic heterocycles. The summed E-state index contributed by atoms with van der Waals surface area (Å²) in [5.41, 5.74) is -0.155. The van der Waals surface area contributed by atoms with Gasteiger partial charge >= 0.3 is 0 Å². The van der Waals surface area contributed by atoms with Gasteiger partial charge in [0.1, 0.15) is 10.1 Å². The lowest BCUT2D eigenvalue weighted by Gasteiger charge is -2.35. The smallest absolute Gasteiger partial charge is 0.157 e. The van der Waals surface area contributed by atoms with Crippen molar-refractivity contribution in [1.82, 2.24) is 14.8 Å². The molecule has 3 rings (SSSR count). The summed E-state index contributed by atoms with van der Waals surface area (Å²) in [5.74, 6) is 0.307. The van der Waals surface area contributed by atoms with E-state index in [9.17, 15) is 5.11 Å². The third-order valence-electron chi connectivity index (χ3n) is 3.95. The summed E-state index contributed by atoms with van der Waals surface area (Å²) in [4.78, 5) is 4.14. The maximum atomic E-state index is 10.7. The van der Waals surface area contributed by atoms with E-state index >= 15 is 0 Å². The minimum Gasteiger partial charge on any atom is -0.396 e. The van der Waals surface area contributed by atoms with Gasteiger partial charge in [-0.25, -0.2) is 9.67 Å². The van der Waals surface area contributed by atoms with Gasteiger partial charge in [0.15, 0.2) is 5.72 Å². The van der Waals surface area contributed by atoms with E-state index < -0.39 is 5.72 Å². The summed E-state index contributed by atoms with van der Waals surface area (Å²) in [6.07, 6.45) is 6.46. The fourth-order valence-corrected chi connectivity index (χ4v) is 3.01. The van der Waals surface area contributed by atoms with E-state index in [1.54, 1.807) is 10.9 Å². The molecule has 0 aromatic carbocycles. The Labute approximate surface area is 119 Å². The van der Waals surface area contributed by atoms with Gasteiger partial charge in [-0.2, -0.15) is 5.10 Å². The van der Waals surface area contributed by atoms with Crippen LogP contribution in [0.4, 0.5) is 0 Å². The second-order valence-corrected chi connectivity index (χ2v) is 6.06. The Balaban J connectivity index is 1.91. The molecular weight excluding hydrogens is 310 g/mol. The van der Waals surface area contributed by atoms with E-state index in [2.05, 4.69) is 26.0 Å². The molecular formula is C13H16BrN3O2. The lowest BCUT2D eigenvalue weighted by Crippen LogP contribution is -2.38. The molecule has 1 aliphatic rings. The zero-order valence-electron chi connectivity index (χ0n) is 10.5. The number of fused-ring (bicyclic) bond motifs is 1. The molecule has 0 saturated heterocycles. The van der Waals surface area contributed by atoms with E-state index in [1.807, 2.05) is 12.3 Å². The van der Waals surface area contributed by atoms with E-state index in [0.29, 0.717) is 18.8 Å². The summed E-state index contributed by atoms with van der Waals surface area (Å²) in [6, 6.07) is 1.89. The number of aliphatic hydroxyl groups is 2. The van der Waals surface area contributed by atoms with Crippen LogP contribution in [0.3, 0.4) is 0 Å². The molecule has 102 valence electrons. The molecule has 0 radical (unpaired) electrons. The van der Waals surface area contributed by atoms with Crippen molar-refractivity contribution in [3.05, 3.63) is 23.1 Å². The van der Waals surface area contributed by atoms with Crippen LogP contribution < -0.4 is 0 Å². The number of halogens is 1. The molecule has 0 atom stereocenters. The van der Waals surface area contributed by atoms with Crippen LogP contribution in [0, 0.1) is 5.92 Å². The van der Waals surface area contributed by atoms with E-state index in [0.717, 1.165) is 28.3 Å².